The van der Waals surface area contributed by atoms with Gasteiger partial charge in [0.2, 0.25) is 0 Å². The second-order valence-electron chi connectivity index (χ2n) is 4.95. The van der Waals surface area contributed by atoms with Gasteiger partial charge < -0.3 is 5.32 Å². The second-order valence-corrected chi connectivity index (χ2v) is 5.36. The van der Waals surface area contributed by atoms with E-state index in [-0.39, 0.29) is 11.9 Å². The van der Waals surface area contributed by atoms with Gasteiger partial charge in [-0.3, -0.25) is 4.68 Å². The molecule has 1 atom stereocenters. The average molecular weight is 296 g/mol. The van der Waals surface area contributed by atoms with Gasteiger partial charge in [-0.25, -0.2) is 4.39 Å². The van der Waals surface area contributed by atoms with E-state index >= 15 is 0 Å². The van der Waals surface area contributed by atoms with Crippen molar-refractivity contribution in [2.45, 2.75) is 25.3 Å². The minimum atomic E-state index is -0.237. The van der Waals surface area contributed by atoms with E-state index in [2.05, 4.69) is 10.4 Å². The van der Waals surface area contributed by atoms with Crippen molar-refractivity contribution in [1.82, 2.24) is 15.1 Å². The van der Waals surface area contributed by atoms with Crippen molar-refractivity contribution in [3.8, 4) is 0 Å². The molecular weight excluding hydrogens is 277 g/mol. The van der Waals surface area contributed by atoms with Gasteiger partial charge in [-0.1, -0.05) is 17.7 Å². The molecule has 3 nitrogen and oxygen atoms in total. The first kappa shape index (κ1) is 15.0. The van der Waals surface area contributed by atoms with Crippen molar-refractivity contribution in [3.05, 3.63) is 52.6 Å². The summed E-state index contributed by atoms with van der Waals surface area (Å²) >= 11 is 6.07. The molecule has 108 valence electrons. The Labute approximate surface area is 123 Å². The molecular formula is C15H19ClFN3. The first-order valence-electron chi connectivity index (χ1n) is 6.68. The lowest BCUT2D eigenvalue weighted by molar-refractivity contribution is 0.504. The molecule has 0 saturated heterocycles. The Balaban J connectivity index is 1.98. The number of aryl methyl sites for hydroxylation is 2. The Kier molecular flexibility index (Phi) is 5.15. The van der Waals surface area contributed by atoms with Crippen LogP contribution in [0.3, 0.4) is 0 Å². The molecule has 0 saturated carbocycles. The summed E-state index contributed by atoms with van der Waals surface area (Å²) in [5, 5.41) is 7.87. The molecule has 0 fully saturated rings. The summed E-state index contributed by atoms with van der Waals surface area (Å²) in [6.07, 6.45) is 6.27. The van der Waals surface area contributed by atoms with Crippen LogP contribution in [-0.4, -0.2) is 22.9 Å². The fourth-order valence-electron chi connectivity index (χ4n) is 2.26. The number of hydrogen-bond donors (Lipinski definition) is 1. The molecule has 1 unspecified atom stereocenters. The van der Waals surface area contributed by atoms with Crippen LogP contribution >= 0.6 is 11.6 Å². The van der Waals surface area contributed by atoms with Gasteiger partial charge in [-0.15, -0.1) is 0 Å². The third-order valence-electron chi connectivity index (χ3n) is 3.46. The molecule has 1 aromatic carbocycles. The van der Waals surface area contributed by atoms with E-state index in [0.29, 0.717) is 17.0 Å². The highest BCUT2D eigenvalue weighted by Crippen LogP contribution is 2.21. The minimum absolute atomic E-state index is 0.185. The van der Waals surface area contributed by atoms with E-state index in [4.69, 9.17) is 11.6 Å². The molecule has 0 bridgehead atoms. The number of rotatable bonds is 6. The smallest absolute Gasteiger partial charge is 0.127 e. The Morgan fingerprint density at radius 3 is 2.85 bits per heavy atom. The third kappa shape index (κ3) is 3.81. The Hall–Kier alpha value is -1.39. The van der Waals surface area contributed by atoms with Crippen LogP contribution in [0.1, 0.15) is 17.5 Å². The number of aromatic nitrogens is 2. The summed E-state index contributed by atoms with van der Waals surface area (Å²) in [5.74, 6) is -0.237. The van der Waals surface area contributed by atoms with Gasteiger partial charge in [0.15, 0.2) is 0 Å². The lowest BCUT2D eigenvalue weighted by atomic mass is 10.00. The van der Waals surface area contributed by atoms with Gasteiger partial charge in [0.25, 0.3) is 0 Å². The number of nitrogens with zero attached hydrogens (tertiary/aromatic N) is 2. The standard InChI is InChI=1S/C15H19ClFN3/c1-18-12(7-6-11-9-19-20(2)10-11)8-13-14(16)4-3-5-15(13)17/h3-5,9-10,12,18H,6-8H2,1-2H3. The van der Waals surface area contributed by atoms with Crippen LogP contribution < -0.4 is 5.32 Å². The molecule has 0 aliphatic rings. The highest BCUT2D eigenvalue weighted by Gasteiger charge is 2.14. The SMILES string of the molecule is CNC(CCc1cnn(C)c1)Cc1c(F)cccc1Cl. The van der Waals surface area contributed by atoms with E-state index in [1.54, 1.807) is 16.8 Å². The molecule has 0 radical (unpaired) electrons. The second kappa shape index (κ2) is 6.86. The lowest BCUT2D eigenvalue weighted by Gasteiger charge is -2.17. The molecule has 5 heteroatoms. The van der Waals surface area contributed by atoms with Crippen LogP contribution in [0.25, 0.3) is 0 Å². The van der Waals surface area contributed by atoms with Crippen LogP contribution in [0, 0.1) is 5.82 Å². The van der Waals surface area contributed by atoms with Crippen molar-refractivity contribution in [3.63, 3.8) is 0 Å². The van der Waals surface area contributed by atoms with Crippen LogP contribution in [0.15, 0.2) is 30.6 Å². The quantitative estimate of drug-likeness (QED) is 0.888. The molecule has 1 heterocycles. The third-order valence-corrected chi connectivity index (χ3v) is 3.81. The van der Waals surface area contributed by atoms with Gasteiger partial charge in [0.1, 0.15) is 5.82 Å². The maximum atomic E-state index is 13.8. The zero-order chi connectivity index (χ0) is 14.5. The molecule has 1 N–H and O–H groups in total. The molecule has 0 aliphatic heterocycles. The highest BCUT2D eigenvalue weighted by molar-refractivity contribution is 6.31. The fourth-order valence-corrected chi connectivity index (χ4v) is 2.50. The molecule has 2 aromatic rings. The summed E-state index contributed by atoms with van der Waals surface area (Å²) in [6.45, 7) is 0. The minimum Gasteiger partial charge on any atom is -0.317 e. The molecule has 20 heavy (non-hydrogen) atoms. The van der Waals surface area contributed by atoms with E-state index in [1.807, 2.05) is 26.5 Å². The first-order valence-corrected chi connectivity index (χ1v) is 7.05. The van der Waals surface area contributed by atoms with Crippen molar-refractivity contribution in [1.29, 1.82) is 0 Å². The normalized spacial score (nSPS) is 12.6. The zero-order valence-electron chi connectivity index (χ0n) is 11.7. The summed E-state index contributed by atoms with van der Waals surface area (Å²) in [7, 11) is 3.79. The van der Waals surface area contributed by atoms with E-state index in [1.165, 1.54) is 11.6 Å². The molecule has 0 amide bonds. The molecule has 2 rings (SSSR count). The zero-order valence-corrected chi connectivity index (χ0v) is 12.5. The Morgan fingerprint density at radius 1 is 1.45 bits per heavy atom. The van der Waals surface area contributed by atoms with E-state index in [0.717, 1.165) is 12.8 Å². The van der Waals surface area contributed by atoms with Crippen molar-refractivity contribution < 1.29 is 4.39 Å². The number of halogens is 2. The van der Waals surface area contributed by atoms with Crippen molar-refractivity contribution in [2.24, 2.45) is 7.05 Å². The van der Waals surface area contributed by atoms with Crippen molar-refractivity contribution >= 4 is 11.6 Å². The first-order chi connectivity index (χ1) is 9.60. The van der Waals surface area contributed by atoms with E-state index in [9.17, 15) is 4.39 Å². The number of nitrogens with one attached hydrogen (secondary N) is 1. The number of benzene rings is 1. The summed E-state index contributed by atoms with van der Waals surface area (Å²) in [6, 6.07) is 5.00. The van der Waals surface area contributed by atoms with Gasteiger partial charge >= 0.3 is 0 Å². The fraction of sp³-hybridized carbons (Fsp3) is 0.400. The van der Waals surface area contributed by atoms with Gasteiger partial charge in [-0.05, 0) is 44.0 Å². The average Bonchev–Trinajstić information content (AvgIpc) is 2.83. The molecule has 0 spiro atoms. The van der Waals surface area contributed by atoms with Crippen LogP contribution in [-0.2, 0) is 19.9 Å². The van der Waals surface area contributed by atoms with Gasteiger partial charge in [0, 0.05) is 29.9 Å². The largest absolute Gasteiger partial charge is 0.317 e. The Bertz CT molecular complexity index is 548. The monoisotopic (exact) mass is 295 g/mol. The maximum Gasteiger partial charge on any atom is 0.127 e. The molecule has 1 aromatic heterocycles. The van der Waals surface area contributed by atoms with Crippen LogP contribution in [0.2, 0.25) is 5.02 Å². The van der Waals surface area contributed by atoms with Gasteiger partial charge in [0.05, 0.1) is 6.20 Å². The summed E-state index contributed by atoms with van der Waals surface area (Å²) < 4.78 is 15.6. The lowest BCUT2D eigenvalue weighted by Crippen LogP contribution is -2.28. The van der Waals surface area contributed by atoms with E-state index < -0.39 is 0 Å². The highest BCUT2D eigenvalue weighted by atomic mass is 35.5. The maximum absolute atomic E-state index is 13.8. The predicted molar refractivity (Wildman–Crippen MR) is 79.5 cm³/mol. The topological polar surface area (TPSA) is 29.9 Å². The number of likely N-dealkylation sites (N-methyl/N-ethyl adjacent to an activating group) is 1. The number of hydrogen-bond acceptors (Lipinski definition) is 2. The van der Waals surface area contributed by atoms with Crippen LogP contribution in [0.4, 0.5) is 4.39 Å². The Morgan fingerprint density at radius 2 is 2.25 bits per heavy atom. The summed E-state index contributed by atoms with van der Waals surface area (Å²) in [5.41, 5.74) is 1.77. The van der Waals surface area contributed by atoms with Gasteiger partial charge in [-0.2, -0.15) is 5.10 Å². The van der Waals surface area contributed by atoms with Crippen LogP contribution in [0.5, 0.6) is 0 Å². The predicted octanol–water partition coefficient (Wildman–Crippen LogP) is 2.98. The summed E-state index contributed by atoms with van der Waals surface area (Å²) in [4.78, 5) is 0. The van der Waals surface area contributed by atoms with Crippen molar-refractivity contribution in [2.75, 3.05) is 7.05 Å². The molecule has 0 aliphatic carbocycles.